The van der Waals surface area contributed by atoms with E-state index < -0.39 is 18.1 Å². The molecular weight excluding hydrogens is 424 g/mol. The monoisotopic (exact) mass is 451 g/mol. The van der Waals surface area contributed by atoms with Crippen LogP contribution in [0, 0.1) is 0 Å². The highest BCUT2D eigenvalue weighted by Crippen LogP contribution is 2.36. The van der Waals surface area contributed by atoms with E-state index >= 15 is 0 Å². The Kier molecular flexibility index (Phi) is 7.26. The van der Waals surface area contributed by atoms with E-state index in [0.29, 0.717) is 24.5 Å². The quantitative estimate of drug-likeness (QED) is 0.566. The number of anilines is 1. The van der Waals surface area contributed by atoms with Crippen molar-refractivity contribution in [2.45, 2.75) is 63.5 Å². The van der Waals surface area contributed by atoms with E-state index in [2.05, 4.69) is 25.8 Å². The van der Waals surface area contributed by atoms with Crippen LogP contribution in [0.3, 0.4) is 0 Å². The third-order valence-electron chi connectivity index (χ3n) is 5.43. The topological polar surface area (TPSA) is 118 Å². The van der Waals surface area contributed by atoms with Gasteiger partial charge in [-0.05, 0) is 37.8 Å². The molecule has 3 atom stereocenters. The Morgan fingerprint density at radius 1 is 1.34 bits per heavy atom. The summed E-state index contributed by atoms with van der Waals surface area (Å²) in [5.41, 5.74) is 1.57. The average molecular weight is 451 g/mol. The lowest BCUT2D eigenvalue weighted by Gasteiger charge is -2.21. The van der Waals surface area contributed by atoms with Crippen LogP contribution in [0.4, 0.5) is 19.4 Å². The van der Waals surface area contributed by atoms with Crippen molar-refractivity contribution in [3.8, 4) is 5.88 Å². The largest absolute Gasteiger partial charge is 0.481 e. The number of alkyl halides is 2. The van der Waals surface area contributed by atoms with Crippen LogP contribution in [-0.2, 0) is 16.0 Å². The Labute approximate surface area is 184 Å². The second kappa shape index (κ2) is 9.92. The predicted molar refractivity (Wildman–Crippen MR) is 112 cm³/mol. The fraction of sp³-hybridized carbons (Fsp3) is 0.524. The van der Waals surface area contributed by atoms with Crippen LogP contribution in [0.15, 0.2) is 24.4 Å². The first-order chi connectivity index (χ1) is 15.1. The van der Waals surface area contributed by atoms with Crippen LogP contribution in [-0.4, -0.2) is 52.4 Å². The van der Waals surface area contributed by atoms with Crippen molar-refractivity contribution >= 4 is 17.8 Å². The molecule has 0 aliphatic heterocycles. The Bertz CT molecular complexity index is 946. The molecular formula is C21H27F2N5O4. The number of pyridine rings is 1. The first-order valence-electron chi connectivity index (χ1n) is 10.3. The van der Waals surface area contributed by atoms with E-state index in [0.717, 1.165) is 24.6 Å². The summed E-state index contributed by atoms with van der Waals surface area (Å²) in [5, 5.41) is 11.9. The number of H-pyrrole nitrogens is 1. The highest BCUT2D eigenvalue weighted by atomic mass is 19.3. The molecule has 3 N–H and O–H groups in total. The van der Waals surface area contributed by atoms with E-state index in [4.69, 9.17) is 9.47 Å². The highest BCUT2D eigenvalue weighted by Gasteiger charge is 2.34. The molecule has 1 aliphatic carbocycles. The Balaban J connectivity index is 1.48. The third kappa shape index (κ3) is 6.38. The SMILES string of the molecule is COc1cc(CC(=O)Nc2cc([C@H]3CCC(OC(=O)NC(C)C(C)(F)F)C3)[nH]n2)ccn1. The van der Waals surface area contributed by atoms with Gasteiger partial charge < -0.3 is 20.1 Å². The number of methoxy groups -OCH3 is 1. The maximum absolute atomic E-state index is 13.2. The zero-order valence-corrected chi connectivity index (χ0v) is 18.2. The summed E-state index contributed by atoms with van der Waals surface area (Å²) in [6.07, 6.45) is 2.38. The molecule has 11 heteroatoms. The summed E-state index contributed by atoms with van der Waals surface area (Å²) in [5.74, 6) is -2.38. The van der Waals surface area contributed by atoms with Gasteiger partial charge in [0.25, 0.3) is 5.92 Å². The number of amides is 2. The number of rotatable bonds is 8. The molecule has 1 saturated carbocycles. The van der Waals surface area contributed by atoms with Crippen LogP contribution in [0.1, 0.15) is 50.3 Å². The first-order valence-corrected chi connectivity index (χ1v) is 10.3. The van der Waals surface area contributed by atoms with Gasteiger partial charge in [-0.3, -0.25) is 9.89 Å². The number of ether oxygens (including phenoxy) is 2. The summed E-state index contributed by atoms with van der Waals surface area (Å²) in [7, 11) is 1.51. The second-order valence-corrected chi connectivity index (χ2v) is 8.00. The van der Waals surface area contributed by atoms with Gasteiger partial charge in [-0.2, -0.15) is 5.10 Å². The Hall–Kier alpha value is -3.24. The number of halogens is 2. The Morgan fingerprint density at radius 2 is 2.12 bits per heavy atom. The lowest BCUT2D eigenvalue weighted by atomic mass is 10.0. The van der Waals surface area contributed by atoms with Gasteiger partial charge in [0.2, 0.25) is 11.8 Å². The lowest BCUT2D eigenvalue weighted by molar-refractivity contribution is -0.115. The first kappa shape index (κ1) is 23.4. The number of nitrogens with one attached hydrogen (secondary N) is 3. The van der Waals surface area contributed by atoms with Crippen LogP contribution in [0.2, 0.25) is 0 Å². The molecule has 2 unspecified atom stereocenters. The normalized spacial score (nSPS) is 19.3. The standard InChI is InChI=1S/C21H27F2N5O4/c1-12(21(2,22)23)25-20(30)32-15-5-4-14(10-15)16-11-17(28-27-16)26-18(29)8-13-6-7-24-19(9-13)31-3/h6-7,9,11-12,14-15H,4-5,8,10H2,1-3H3,(H,25,30)(H2,26,27,28,29)/t12?,14-,15?/m0/s1. The van der Waals surface area contributed by atoms with Crippen molar-refractivity contribution in [2.75, 3.05) is 12.4 Å². The minimum atomic E-state index is -3.03. The molecule has 2 amide bonds. The molecule has 0 spiro atoms. The minimum Gasteiger partial charge on any atom is -0.481 e. The van der Waals surface area contributed by atoms with Crippen molar-refractivity contribution in [3.63, 3.8) is 0 Å². The van der Waals surface area contributed by atoms with Crippen LogP contribution in [0.5, 0.6) is 5.88 Å². The molecule has 3 rings (SSSR count). The van der Waals surface area contributed by atoms with Gasteiger partial charge in [0.15, 0.2) is 5.82 Å². The van der Waals surface area contributed by atoms with E-state index in [1.54, 1.807) is 24.4 Å². The van der Waals surface area contributed by atoms with Crippen LogP contribution < -0.4 is 15.4 Å². The number of nitrogens with zero attached hydrogens (tertiary/aromatic N) is 2. The molecule has 0 aromatic carbocycles. The molecule has 174 valence electrons. The van der Waals surface area contributed by atoms with Crippen molar-refractivity contribution in [2.24, 2.45) is 0 Å². The molecule has 0 radical (unpaired) electrons. The molecule has 2 aromatic rings. The summed E-state index contributed by atoms with van der Waals surface area (Å²) < 4.78 is 36.7. The summed E-state index contributed by atoms with van der Waals surface area (Å²) in [6.45, 7) is 1.97. The third-order valence-corrected chi connectivity index (χ3v) is 5.43. The van der Waals surface area contributed by atoms with Crippen LogP contribution >= 0.6 is 0 Å². The molecule has 1 fully saturated rings. The van der Waals surface area contributed by atoms with Gasteiger partial charge >= 0.3 is 6.09 Å². The number of hydrogen-bond acceptors (Lipinski definition) is 6. The van der Waals surface area contributed by atoms with Gasteiger partial charge in [-0.1, -0.05) is 0 Å². The number of aromatic amines is 1. The predicted octanol–water partition coefficient (Wildman–Crippen LogP) is 3.40. The molecule has 0 bridgehead atoms. The molecule has 0 saturated heterocycles. The maximum Gasteiger partial charge on any atom is 0.407 e. The molecule has 32 heavy (non-hydrogen) atoms. The summed E-state index contributed by atoms with van der Waals surface area (Å²) >= 11 is 0. The maximum atomic E-state index is 13.2. The van der Waals surface area contributed by atoms with Crippen molar-refractivity contribution in [1.82, 2.24) is 20.5 Å². The fourth-order valence-electron chi connectivity index (χ4n) is 3.47. The number of aromatic nitrogens is 3. The molecule has 1 aliphatic rings. The van der Waals surface area contributed by atoms with Gasteiger partial charge in [0, 0.05) is 36.9 Å². The smallest absolute Gasteiger partial charge is 0.407 e. The van der Waals surface area contributed by atoms with Crippen molar-refractivity contribution in [3.05, 3.63) is 35.7 Å². The molecule has 9 nitrogen and oxygen atoms in total. The minimum absolute atomic E-state index is 0.0560. The van der Waals surface area contributed by atoms with Crippen molar-refractivity contribution in [1.29, 1.82) is 0 Å². The molecule has 2 heterocycles. The Morgan fingerprint density at radius 3 is 2.84 bits per heavy atom. The van der Waals surface area contributed by atoms with Gasteiger partial charge in [0.1, 0.15) is 6.10 Å². The number of alkyl carbamates (subject to hydrolysis) is 1. The number of carbonyl (C=O) groups excluding carboxylic acids is 2. The van der Waals surface area contributed by atoms with Gasteiger partial charge in [-0.15, -0.1) is 0 Å². The van der Waals surface area contributed by atoms with Crippen LogP contribution in [0.25, 0.3) is 0 Å². The van der Waals surface area contributed by atoms with Crippen molar-refractivity contribution < 1.29 is 27.8 Å². The zero-order valence-electron chi connectivity index (χ0n) is 18.2. The second-order valence-electron chi connectivity index (χ2n) is 8.00. The number of hydrogen-bond donors (Lipinski definition) is 3. The summed E-state index contributed by atoms with van der Waals surface area (Å²) in [4.78, 5) is 28.2. The highest BCUT2D eigenvalue weighted by molar-refractivity contribution is 5.91. The lowest BCUT2D eigenvalue weighted by Crippen LogP contribution is -2.44. The molecule has 2 aromatic heterocycles. The van der Waals surface area contributed by atoms with E-state index in [1.807, 2.05) is 0 Å². The summed E-state index contributed by atoms with van der Waals surface area (Å²) in [6, 6.07) is 3.85. The van der Waals surface area contributed by atoms with E-state index in [-0.39, 0.29) is 24.3 Å². The zero-order chi connectivity index (χ0) is 23.3. The number of carbonyl (C=O) groups is 2. The van der Waals surface area contributed by atoms with Gasteiger partial charge in [-0.25, -0.2) is 18.6 Å². The average Bonchev–Trinajstić information content (AvgIpc) is 3.36. The fourth-order valence-corrected chi connectivity index (χ4v) is 3.47. The van der Waals surface area contributed by atoms with Gasteiger partial charge in [0.05, 0.1) is 19.6 Å². The van der Waals surface area contributed by atoms with E-state index in [9.17, 15) is 18.4 Å². The van der Waals surface area contributed by atoms with E-state index in [1.165, 1.54) is 14.0 Å².